The smallest absolute Gasteiger partial charge is 0.274 e. The van der Waals surface area contributed by atoms with E-state index in [-0.39, 0.29) is 43.9 Å². The zero-order chi connectivity index (χ0) is 22.9. The minimum atomic E-state index is -2.64. The number of hydrogen-bond donors (Lipinski definition) is 2. The predicted molar refractivity (Wildman–Crippen MR) is 117 cm³/mol. The fourth-order valence-electron chi connectivity index (χ4n) is 4.12. The van der Waals surface area contributed by atoms with Gasteiger partial charge in [0.1, 0.15) is 11.3 Å². The molecule has 0 spiro atoms. The first-order valence-corrected chi connectivity index (χ1v) is 11.5. The molecule has 1 fully saturated rings. The van der Waals surface area contributed by atoms with E-state index >= 15 is 0 Å². The molecule has 1 atom stereocenters. The molecule has 0 saturated heterocycles. The average Bonchev–Trinajstić information content (AvgIpc) is 3.23. The minimum absolute atomic E-state index is 0.163. The number of fused-ring (bicyclic) bond motifs is 1. The van der Waals surface area contributed by atoms with E-state index in [0.29, 0.717) is 17.7 Å². The van der Waals surface area contributed by atoms with Crippen molar-refractivity contribution in [2.24, 2.45) is 7.05 Å². The summed E-state index contributed by atoms with van der Waals surface area (Å²) in [6.45, 7) is 0.236. The van der Waals surface area contributed by atoms with Gasteiger partial charge < -0.3 is 18.8 Å². The van der Waals surface area contributed by atoms with Crippen molar-refractivity contribution in [2.45, 2.75) is 44.1 Å². The summed E-state index contributed by atoms with van der Waals surface area (Å²) >= 11 is -2.34. The molecule has 1 aliphatic rings. The maximum absolute atomic E-state index is 13.6. The largest absolute Gasteiger partial charge is 0.760 e. The summed E-state index contributed by atoms with van der Waals surface area (Å²) in [6.07, 6.45) is 3.68. The molecule has 2 heterocycles. The standard InChI is InChI=1S/C22H25F2N3O4S/c1-27-13-18(16-7-10-25-20(16)21(27)28)17-12-14(6-11-26-32(29)30)2-3-19(17)31-15-4-8-22(23,24)9-5-15/h2-3,7,10,12-13,15,25-26H,4-6,8-9,11H2,1H3,(H,29,30)/p-1. The van der Waals surface area contributed by atoms with Gasteiger partial charge in [-0.15, -0.1) is 0 Å². The first-order valence-electron chi connectivity index (χ1n) is 10.4. The highest BCUT2D eigenvalue weighted by Crippen LogP contribution is 2.39. The number of H-pyrrole nitrogens is 1. The first-order chi connectivity index (χ1) is 15.2. The van der Waals surface area contributed by atoms with Crippen LogP contribution in [0.2, 0.25) is 0 Å². The van der Waals surface area contributed by atoms with Gasteiger partial charge in [0.2, 0.25) is 5.92 Å². The maximum atomic E-state index is 13.6. The number of aryl methyl sites for hydroxylation is 1. The van der Waals surface area contributed by atoms with Crippen molar-refractivity contribution in [1.29, 1.82) is 0 Å². The summed E-state index contributed by atoms with van der Waals surface area (Å²) in [5.41, 5.74) is 2.66. The lowest BCUT2D eigenvalue weighted by Gasteiger charge is -2.29. The predicted octanol–water partition coefficient (Wildman–Crippen LogP) is 3.42. The number of nitrogens with one attached hydrogen (secondary N) is 2. The van der Waals surface area contributed by atoms with Gasteiger partial charge in [0.05, 0.1) is 6.10 Å². The molecule has 172 valence electrons. The van der Waals surface area contributed by atoms with Crippen LogP contribution in [0, 0.1) is 0 Å². The number of rotatable bonds is 7. The summed E-state index contributed by atoms with van der Waals surface area (Å²) in [7, 11) is 1.66. The lowest BCUT2D eigenvalue weighted by atomic mass is 9.93. The third-order valence-electron chi connectivity index (χ3n) is 5.82. The molecule has 0 amide bonds. The van der Waals surface area contributed by atoms with Gasteiger partial charge in [0, 0.05) is 66.6 Å². The van der Waals surface area contributed by atoms with Gasteiger partial charge in [-0.1, -0.05) is 6.07 Å². The Bertz CT molecular complexity index is 1200. The van der Waals surface area contributed by atoms with Crippen molar-refractivity contribution in [1.82, 2.24) is 14.3 Å². The van der Waals surface area contributed by atoms with Gasteiger partial charge in [-0.05, 0) is 43.0 Å². The van der Waals surface area contributed by atoms with Gasteiger partial charge in [0.15, 0.2) is 0 Å². The van der Waals surface area contributed by atoms with E-state index in [2.05, 4.69) is 9.71 Å². The number of ether oxygens (including phenoxy) is 1. The van der Waals surface area contributed by atoms with E-state index in [4.69, 9.17) is 4.74 Å². The number of alkyl halides is 2. The highest BCUT2D eigenvalue weighted by atomic mass is 32.2. The van der Waals surface area contributed by atoms with Crippen LogP contribution in [0.1, 0.15) is 31.2 Å². The Morgan fingerprint density at radius 3 is 2.75 bits per heavy atom. The van der Waals surface area contributed by atoms with Gasteiger partial charge in [-0.2, -0.15) is 0 Å². The molecule has 2 aromatic heterocycles. The SMILES string of the molecule is Cn1cc(-c2cc(CCNS(=O)[O-])ccc2OC2CCC(F)(F)CC2)c2cc[nH]c2c1=O. The number of benzene rings is 1. The van der Waals surface area contributed by atoms with Crippen LogP contribution >= 0.6 is 0 Å². The normalized spacial score (nSPS) is 17.5. The first kappa shape index (κ1) is 22.6. The molecular formula is C22H24F2N3O4S-. The van der Waals surface area contributed by atoms with E-state index in [1.165, 1.54) is 4.57 Å². The molecule has 1 unspecified atom stereocenters. The summed E-state index contributed by atoms with van der Waals surface area (Å²) in [4.78, 5) is 15.4. The maximum Gasteiger partial charge on any atom is 0.274 e. The lowest BCUT2D eigenvalue weighted by molar-refractivity contribution is -0.0581. The van der Waals surface area contributed by atoms with Crippen molar-refractivity contribution in [3.63, 3.8) is 0 Å². The van der Waals surface area contributed by atoms with Crippen LogP contribution in [0.25, 0.3) is 22.0 Å². The van der Waals surface area contributed by atoms with E-state index in [9.17, 15) is 22.3 Å². The zero-order valence-electron chi connectivity index (χ0n) is 17.5. The number of halogens is 2. The second-order valence-corrected chi connectivity index (χ2v) is 8.87. The molecule has 0 aliphatic heterocycles. The van der Waals surface area contributed by atoms with Crippen LogP contribution in [-0.4, -0.2) is 36.9 Å². The molecule has 2 N–H and O–H groups in total. The Morgan fingerprint density at radius 1 is 1.28 bits per heavy atom. The Labute approximate surface area is 186 Å². The van der Waals surface area contributed by atoms with Crippen molar-refractivity contribution in [2.75, 3.05) is 6.54 Å². The molecular weight excluding hydrogens is 440 g/mol. The molecule has 3 aromatic rings. The monoisotopic (exact) mass is 464 g/mol. The minimum Gasteiger partial charge on any atom is -0.760 e. The molecule has 10 heteroatoms. The van der Waals surface area contributed by atoms with Gasteiger partial charge >= 0.3 is 0 Å². The average molecular weight is 465 g/mol. The van der Waals surface area contributed by atoms with Crippen LogP contribution in [0.15, 0.2) is 41.5 Å². The Hall–Kier alpha value is -2.56. The van der Waals surface area contributed by atoms with Crippen molar-refractivity contribution in [3.8, 4) is 16.9 Å². The lowest BCUT2D eigenvalue weighted by Crippen LogP contribution is -2.30. The number of hydrogen-bond acceptors (Lipinski definition) is 4. The summed E-state index contributed by atoms with van der Waals surface area (Å²) in [6, 6.07) is 7.33. The van der Waals surface area contributed by atoms with E-state index in [0.717, 1.165) is 22.1 Å². The van der Waals surface area contributed by atoms with Crippen molar-refractivity contribution in [3.05, 3.63) is 52.6 Å². The molecule has 1 aromatic carbocycles. The molecule has 1 aliphatic carbocycles. The van der Waals surface area contributed by atoms with Gasteiger partial charge in [-0.25, -0.2) is 13.5 Å². The van der Waals surface area contributed by atoms with E-state index in [1.54, 1.807) is 25.5 Å². The topological polar surface area (TPSA) is 99.2 Å². The molecule has 32 heavy (non-hydrogen) atoms. The van der Waals surface area contributed by atoms with Crippen molar-refractivity contribution >= 4 is 22.2 Å². The molecule has 7 nitrogen and oxygen atoms in total. The Kier molecular flexibility index (Phi) is 6.45. The molecule has 0 radical (unpaired) electrons. The van der Waals surface area contributed by atoms with Crippen LogP contribution in [0.4, 0.5) is 8.78 Å². The zero-order valence-corrected chi connectivity index (χ0v) is 18.3. The van der Waals surface area contributed by atoms with Crippen LogP contribution in [0.5, 0.6) is 5.75 Å². The molecule has 1 saturated carbocycles. The summed E-state index contributed by atoms with van der Waals surface area (Å²) in [5.74, 6) is -2.10. The second kappa shape index (κ2) is 9.13. The number of pyridine rings is 1. The summed E-state index contributed by atoms with van der Waals surface area (Å²) in [5, 5.41) is 0.726. The highest BCUT2D eigenvalue weighted by Gasteiger charge is 2.36. The number of nitrogens with zero attached hydrogens (tertiary/aromatic N) is 1. The highest BCUT2D eigenvalue weighted by molar-refractivity contribution is 7.77. The number of aromatic amines is 1. The third-order valence-corrected chi connectivity index (χ3v) is 6.26. The van der Waals surface area contributed by atoms with Crippen molar-refractivity contribution < 1.29 is 22.3 Å². The number of aromatic nitrogens is 2. The van der Waals surface area contributed by atoms with Gasteiger partial charge in [0.25, 0.3) is 5.56 Å². The fourth-order valence-corrected chi connectivity index (χ4v) is 4.39. The Balaban J connectivity index is 1.72. The van der Waals surface area contributed by atoms with Gasteiger partial charge in [-0.3, -0.25) is 9.00 Å². The third kappa shape index (κ3) is 4.92. The summed E-state index contributed by atoms with van der Waals surface area (Å²) < 4.78 is 58.7. The Morgan fingerprint density at radius 2 is 2.03 bits per heavy atom. The van der Waals surface area contributed by atoms with Crippen LogP contribution in [0.3, 0.4) is 0 Å². The molecule has 4 rings (SSSR count). The quantitative estimate of drug-likeness (QED) is 0.524. The fraction of sp³-hybridized carbons (Fsp3) is 0.409. The van der Waals surface area contributed by atoms with E-state index in [1.807, 2.05) is 18.2 Å². The van der Waals surface area contributed by atoms with E-state index < -0.39 is 17.2 Å². The van der Waals surface area contributed by atoms with Crippen LogP contribution < -0.4 is 15.0 Å². The second-order valence-electron chi connectivity index (χ2n) is 8.11. The molecule has 0 bridgehead atoms. The van der Waals surface area contributed by atoms with Crippen LogP contribution in [-0.2, 0) is 24.7 Å².